The van der Waals surface area contributed by atoms with E-state index < -0.39 is 11.5 Å². The molecule has 1 atom stereocenters. The van der Waals surface area contributed by atoms with Crippen LogP contribution in [0.4, 0.5) is 0 Å². The van der Waals surface area contributed by atoms with Crippen molar-refractivity contribution in [2.45, 2.75) is 12.5 Å². The quantitative estimate of drug-likeness (QED) is 0.631. The predicted molar refractivity (Wildman–Crippen MR) is 56.3 cm³/mol. The van der Waals surface area contributed by atoms with E-state index in [1.807, 2.05) is 0 Å². The highest BCUT2D eigenvalue weighted by Crippen LogP contribution is 2.17. The maximum absolute atomic E-state index is 11.2. The third-order valence-electron chi connectivity index (χ3n) is 2.23. The fraction of sp³-hybridized carbons (Fsp3) is 0.400. The van der Waals surface area contributed by atoms with E-state index in [0.717, 1.165) is 0 Å². The molecule has 0 saturated carbocycles. The number of pyridine rings is 1. The second-order valence-electron chi connectivity index (χ2n) is 3.36. The number of rotatable bonds is 5. The molecule has 4 N–H and O–H groups in total. The molecule has 0 aliphatic rings. The number of nitrogens with one attached hydrogen (secondary N) is 1. The van der Waals surface area contributed by atoms with Gasteiger partial charge in [0.15, 0.2) is 5.54 Å². The fourth-order valence-electron chi connectivity index (χ4n) is 1.26. The lowest BCUT2D eigenvalue weighted by Gasteiger charge is -2.25. The van der Waals surface area contributed by atoms with Crippen LogP contribution in [0.25, 0.3) is 0 Å². The van der Waals surface area contributed by atoms with E-state index in [-0.39, 0.29) is 0 Å². The number of hydrogen-bond acceptors (Lipinski definition) is 4. The van der Waals surface area contributed by atoms with Crippen molar-refractivity contribution in [1.82, 2.24) is 10.3 Å². The molecule has 1 aromatic heterocycles. The molecular weight excluding hydrogens is 194 g/mol. The molecule has 82 valence electrons. The topological polar surface area (TPSA) is 88.2 Å². The number of nitrogens with zero attached hydrogens (tertiary/aromatic N) is 1. The van der Waals surface area contributed by atoms with E-state index >= 15 is 0 Å². The van der Waals surface area contributed by atoms with E-state index in [9.17, 15) is 4.79 Å². The Kier molecular flexibility index (Phi) is 3.76. The molecule has 0 saturated heterocycles. The summed E-state index contributed by atoms with van der Waals surface area (Å²) in [6, 6.07) is 5.18. The lowest BCUT2D eigenvalue weighted by atomic mass is 9.97. The first kappa shape index (κ1) is 11.6. The van der Waals surface area contributed by atoms with Crippen LogP contribution in [0, 0.1) is 0 Å². The molecule has 0 amide bonds. The van der Waals surface area contributed by atoms with E-state index in [2.05, 4.69) is 10.3 Å². The zero-order valence-corrected chi connectivity index (χ0v) is 8.60. The summed E-state index contributed by atoms with van der Waals surface area (Å²) in [5.74, 6) is -0.963. The van der Waals surface area contributed by atoms with Gasteiger partial charge in [-0.25, -0.2) is 4.79 Å². The molecule has 1 heterocycles. The molecule has 0 aliphatic carbocycles. The Balaban J connectivity index is 2.96. The van der Waals surface area contributed by atoms with Gasteiger partial charge in [-0.15, -0.1) is 0 Å². The fourth-order valence-corrected chi connectivity index (χ4v) is 1.26. The summed E-state index contributed by atoms with van der Waals surface area (Å²) in [6.07, 6.45) is 1.57. The van der Waals surface area contributed by atoms with Gasteiger partial charge >= 0.3 is 5.97 Å². The third kappa shape index (κ3) is 2.51. The molecule has 15 heavy (non-hydrogen) atoms. The average Bonchev–Trinajstić information content (AvgIpc) is 2.27. The summed E-state index contributed by atoms with van der Waals surface area (Å²) in [6.45, 7) is 2.39. The Hall–Kier alpha value is -1.46. The smallest absolute Gasteiger partial charge is 0.329 e. The van der Waals surface area contributed by atoms with Crippen LogP contribution in [0.5, 0.6) is 0 Å². The van der Waals surface area contributed by atoms with Crippen molar-refractivity contribution >= 4 is 5.97 Å². The SMILES string of the molecule is CC(NCCN)(C(=O)O)c1ccccn1. The van der Waals surface area contributed by atoms with Gasteiger partial charge in [0, 0.05) is 19.3 Å². The highest BCUT2D eigenvalue weighted by Gasteiger charge is 2.35. The minimum atomic E-state index is -1.18. The van der Waals surface area contributed by atoms with Gasteiger partial charge in [-0.05, 0) is 19.1 Å². The summed E-state index contributed by atoms with van der Waals surface area (Å²) in [5, 5.41) is 12.0. The van der Waals surface area contributed by atoms with Crippen LogP contribution in [-0.2, 0) is 10.3 Å². The molecule has 5 nitrogen and oxygen atoms in total. The molecule has 0 fully saturated rings. The lowest BCUT2D eigenvalue weighted by molar-refractivity contribution is -0.144. The molecular formula is C10H15N3O2. The molecule has 0 radical (unpaired) electrons. The van der Waals surface area contributed by atoms with Gasteiger partial charge in [-0.3, -0.25) is 10.3 Å². The first-order valence-electron chi connectivity index (χ1n) is 4.71. The summed E-state index contributed by atoms with van der Waals surface area (Å²) < 4.78 is 0. The monoisotopic (exact) mass is 209 g/mol. The maximum Gasteiger partial charge on any atom is 0.329 e. The van der Waals surface area contributed by atoms with Gasteiger partial charge in [0.25, 0.3) is 0 Å². The summed E-state index contributed by atoms with van der Waals surface area (Å²) in [4.78, 5) is 15.2. The van der Waals surface area contributed by atoms with Gasteiger partial charge in [0.1, 0.15) is 0 Å². The minimum absolute atomic E-state index is 0.385. The standard InChI is InChI=1S/C10H15N3O2/c1-10(9(14)15,13-7-5-11)8-4-2-3-6-12-8/h2-4,6,13H,5,7,11H2,1H3,(H,14,15). The number of carboxylic acids is 1. The van der Waals surface area contributed by atoms with Crippen molar-refractivity contribution in [2.24, 2.45) is 5.73 Å². The first-order chi connectivity index (χ1) is 7.11. The van der Waals surface area contributed by atoms with Crippen molar-refractivity contribution in [3.8, 4) is 0 Å². The highest BCUT2D eigenvalue weighted by molar-refractivity contribution is 5.79. The molecule has 0 aliphatic heterocycles. The van der Waals surface area contributed by atoms with E-state index in [0.29, 0.717) is 18.8 Å². The zero-order chi connectivity index (χ0) is 11.3. The Morgan fingerprint density at radius 1 is 1.67 bits per heavy atom. The summed E-state index contributed by atoms with van der Waals surface area (Å²) >= 11 is 0. The average molecular weight is 209 g/mol. The van der Waals surface area contributed by atoms with Crippen LogP contribution < -0.4 is 11.1 Å². The number of carbonyl (C=O) groups is 1. The van der Waals surface area contributed by atoms with Crippen LogP contribution in [0.1, 0.15) is 12.6 Å². The van der Waals surface area contributed by atoms with E-state index in [1.54, 1.807) is 31.3 Å². The number of aromatic nitrogens is 1. The number of hydrogen-bond donors (Lipinski definition) is 3. The van der Waals surface area contributed by atoms with Crippen LogP contribution in [-0.4, -0.2) is 29.1 Å². The van der Waals surface area contributed by atoms with Crippen LogP contribution in [0.3, 0.4) is 0 Å². The third-order valence-corrected chi connectivity index (χ3v) is 2.23. The van der Waals surface area contributed by atoms with Crippen LogP contribution >= 0.6 is 0 Å². The number of nitrogens with two attached hydrogens (primary N) is 1. The molecule has 1 aromatic rings. The van der Waals surface area contributed by atoms with Crippen LogP contribution in [0.2, 0.25) is 0 Å². The molecule has 0 aromatic carbocycles. The van der Waals surface area contributed by atoms with Crippen molar-refractivity contribution in [1.29, 1.82) is 0 Å². The van der Waals surface area contributed by atoms with Gasteiger partial charge in [0.2, 0.25) is 0 Å². The zero-order valence-electron chi connectivity index (χ0n) is 8.60. The van der Waals surface area contributed by atoms with Crippen molar-refractivity contribution in [2.75, 3.05) is 13.1 Å². The molecule has 0 spiro atoms. The number of aliphatic carboxylic acids is 1. The molecule has 1 unspecified atom stereocenters. The predicted octanol–water partition coefficient (Wildman–Crippen LogP) is -0.0703. The summed E-state index contributed by atoms with van der Waals surface area (Å²) in [5.41, 5.74) is 4.64. The van der Waals surface area contributed by atoms with Crippen molar-refractivity contribution in [3.63, 3.8) is 0 Å². The van der Waals surface area contributed by atoms with E-state index in [1.165, 1.54) is 0 Å². The Morgan fingerprint density at radius 2 is 2.40 bits per heavy atom. The van der Waals surface area contributed by atoms with E-state index in [4.69, 9.17) is 10.8 Å². The van der Waals surface area contributed by atoms with Crippen LogP contribution in [0.15, 0.2) is 24.4 Å². The summed E-state index contributed by atoms with van der Waals surface area (Å²) in [7, 11) is 0. The van der Waals surface area contributed by atoms with Crippen molar-refractivity contribution < 1.29 is 9.90 Å². The normalized spacial score (nSPS) is 14.5. The van der Waals surface area contributed by atoms with Gasteiger partial charge in [0.05, 0.1) is 5.69 Å². The van der Waals surface area contributed by atoms with Crippen molar-refractivity contribution in [3.05, 3.63) is 30.1 Å². The Morgan fingerprint density at radius 3 is 2.87 bits per heavy atom. The second kappa shape index (κ2) is 4.86. The van der Waals surface area contributed by atoms with Gasteiger partial charge < -0.3 is 10.8 Å². The largest absolute Gasteiger partial charge is 0.480 e. The maximum atomic E-state index is 11.2. The second-order valence-corrected chi connectivity index (χ2v) is 3.36. The molecule has 0 bridgehead atoms. The Labute approximate surface area is 88.3 Å². The number of carboxylic acid groups (broad SMARTS) is 1. The highest BCUT2D eigenvalue weighted by atomic mass is 16.4. The molecule has 5 heteroatoms. The minimum Gasteiger partial charge on any atom is -0.480 e. The van der Waals surface area contributed by atoms with Gasteiger partial charge in [-0.1, -0.05) is 6.07 Å². The lowest BCUT2D eigenvalue weighted by Crippen LogP contribution is -2.48. The Bertz CT molecular complexity index is 329. The van der Waals surface area contributed by atoms with Gasteiger partial charge in [-0.2, -0.15) is 0 Å². The first-order valence-corrected chi connectivity index (χ1v) is 4.71. The molecule has 1 rings (SSSR count).